The maximum atomic E-state index is 13.3. The Labute approximate surface area is 163 Å². The molecule has 26 heavy (non-hydrogen) atoms. The fraction of sp³-hybridized carbons (Fsp3) is 0.500. The predicted octanol–water partition coefficient (Wildman–Crippen LogP) is 6.35. The topological polar surface area (TPSA) is 26.3 Å². The maximum Gasteiger partial charge on any atom is 0.389 e. The van der Waals surface area contributed by atoms with E-state index in [-0.39, 0.29) is 18.2 Å². The van der Waals surface area contributed by atoms with E-state index in [1.54, 1.807) is 7.11 Å². The highest BCUT2D eigenvalue weighted by Crippen LogP contribution is 2.67. The first kappa shape index (κ1) is 21.8. The van der Waals surface area contributed by atoms with Crippen LogP contribution in [0.2, 0.25) is 0 Å². The zero-order chi connectivity index (χ0) is 19.7. The standard InChI is InChI=1S/C22H32O2P2/c1-16(26(21(2,3)4)22(5,6)7)19-10-9-11-20(19)25(23)18-14-12-17(24-8)13-15-18/h9-16H,1-8H3/q+1/t16-/m1/s1. The summed E-state index contributed by atoms with van der Waals surface area (Å²) in [5, 5.41) is 1.32. The molecule has 5 radical (unpaired) electrons. The molecule has 1 unspecified atom stereocenters. The normalized spacial score (nSPS) is 19.0. The van der Waals surface area contributed by atoms with Crippen LogP contribution in [0.1, 0.15) is 48.5 Å². The maximum absolute atomic E-state index is 13.3. The molecule has 1 aromatic carbocycles. The summed E-state index contributed by atoms with van der Waals surface area (Å²) in [4.78, 5) is 0. The molecule has 1 aromatic rings. The summed E-state index contributed by atoms with van der Waals surface area (Å²) in [7, 11) is -0.271. The summed E-state index contributed by atoms with van der Waals surface area (Å²) in [6.07, 6.45) is 6.26. The molecule has 2 atom stereocenters. The third-order valence-electron chi connectivity index (χ3n) is 4.63. The first-order valence-corrected chi connectivity index (χ1v) is 11.8. The van der Waals surface area contributed by atoms with E-state index in [1.165, 1.54) is 5.92 Å². The summed E-state index contributed by atoms with van der Waals surface area (Å²) in [5.74, 6) is 2.04. The number of hydrogen-bond acceptors (Lipinski definition) is 2. The molecule has 0 N–H and O–H groups in total. The Morgan fingerprint density at radius 1 is 0.962 bits per heavy atom. The van der Waals surface area contributed by atoms with Crippen molar-refractivity contribution in [2.45, 2.75) is 64.4 Å². The summed E-state index contributed by atoms with van der Waals surface area (Å²) < 4.78 is 18.5. The van der Waals surface area contributed by atoms with Gasteiger partial charge in [-0.2, -0.15) is 0 Å². The Hall–Kier alpha value is -0.450. The fourth-order valence-electron chi connectivity index (χ4n) is 4.13. The Balaban J connectivity index is 2.26. The van der Waals surface area contributed by atoms with Crippen molar-refractivity contribution in [3.05, 3.63) is 55.1 Å². The molecule has 2 rings (SSSR count). The average Bonchev–Trinajstić information content (AvgIpc) is 3.01. The van der Waals surface area contributed by atoms with Crippen LogP contribution in [0.5, 0.6) is 5.75 Å². The van der Waals surface area contributed by atoms with Crippen LogP contribution in [0.3, 0.4) is 0 Å². The molecule has 0 heterocycles. The number of rotatable bonds is 5. The second-order valence-corrected chi connectivity index (χ2v) is 14.5. The third-order valence-corrected chi connectivity index (χ3v) is 10.2. The molecule has 2 nitrogen and oxygen atoms in total. The lowest BCUT2D eigenvalue weighted by Gasteiger charge is -2.47. The highest BCUT2D eigenvalue weighted by Gasteiger charge is 2.52. The van der Waals surface area contributed by atoms with E-state index in [9.17, 15) is 4.57 Å². The van der Waals surface area contributed by atoms with Crippen LogP contribution in [0.25, 0.3) is 0 Å². The van der Waals surface area contributed by atoms with Crippen LogP contribution in [-0.4, -0.2) is 23.1 Å². The van der Waals surface area contributed by atoms with Gasteiger partial charge in [-0.05, 0) is 53.1 Å². The Morgan fingerprint density at radius 2 is 1.50 bits per heavy atom. The van der Waals surface area contributed by atoms with Crippen molar-refractivity contribution >= 4 is 21.0 Å². The van der Waals surface area contributed by atoms with Gasteiger partial charge >= 0.3 is 7.80 Å². The molecule has 1 saturated carbocycles. The quantitative estimate of drug-likeness (QED) is 0.548. The molecule has 0 bridgehead atoms. The van der Waals surface area contributed by atoms with Gasteiger partial charge in [0.25, 0.3) is 0 Å². The van der Waals surface area contributed by atoms with Crippen molar-refractivity contribution in [1.82, 2.24) is 0 Å². The number of benzene rings is 1. The van der Waals surface area contributed by atoms with Crippen molar-refractivity contribution in [3.8, 4) is 5.75 Å². The second-order valence-electron chi connectivity index (χ2n) is 8.75. The minimum atomic E-state index is -1.60. The molecule has 0 aromatic heterocycles. The minimum absolute atomic E-state index is 0.229. The molecule has 0 aliphatic heterocycles. The Bertz CT molecular complexity index is 597. The molecule has 0 amide bonds. The van der Waals surface area contributed by atoms with E-state index in [0.717, 1.165) is 16.7 Å². The molecule has 1 fully saturated rings. The summed E-state index contributed by atoms with van der Waals surface area (Å²) in [6.45, 7) is 16.4. The SMILES string of the molecule is COc1ccc([P+](=O)[C]2[CH][CH][CH][C]2[C@@H](C)P(C(C)(C)C)C(C)(C)C)cc1. The molecule has 4 heteroatoms. The first-order valence-electron chi connectivity index (χ1n) is 9.13. The van der Waals surface area contributed by atoms with Crippen molar-refractivity contribution in [1.29, 1.82) is 0 Å². The monoisotopic (exact) mass is 390 g/mol. The molecule has 1 aliphatic rings. The zero-order valence-electron chi connectivity index (χ0n) is 17.3. The van der Waals surface area contributed by atoms with Crippen LogP contribution in [-0.2, 0) is 4.57 Å². The van der Waals surface area contributed by atoms with Crippen molar-refractivity contribution < 1.29 is 9.30 Å². The van der Waals surface area contributed by atoms with E-state index in [4.69, 9.17) is 4.74 Å². The van der Waals surface area contributed by atoms with Gasteiger partial charge in [0.2, 0.25) is 5.66 Å². The highest BCUT2D eigenvalue weighted by atomic mass is 31.1. The molecule has 0 spiro atoms. The molecule has 0 saturated heterocycles. The van der Waals surface area contributed by atoms with Crippen LogP contribution in [0.4, 0.5) is 0 Å². The van der Waals surface area contributed by atoms with Gasteiger partial charge in [0.05, 0.1) is 7.11 Å². The molecule has 141 valence electrons. The summed E-state index contributed by atoms with van der Waals surface area (Å²) >= 11 is 0. The van der Waals surface area contributed by atoms with E-state index in [0.29, 0.717) is 5.66 Å². The van der Waals surface area contributed by atoms with Gasteiger partial charge in [0.1, 0.15) is 5.75 Å². The van der Waals surface area contributed by atoms with E-state index >= 15 is 0 Å². The van der Waals surface area contributed by atoms with Crippen molar-refractivity contribution in [3.63, 3.8) is 0 Å². The van der Waals surface area contributed by atoms with Gasteiger partial charge in [-0.1, -0.05) is 61.0 Å². The largest absolute Gasteiger partial charge is 0.497 e. The van der Waals surface area contributed by atoms with Crippen LogP contribution in [0.15, 0.2) is 24.3 Å². The van der Waals surface area contributed by atoms with Crippen LogP contribution < -0.4 is 10.0 Å². The van der Waals surface area contributed by atoms with E-state index in [1.807, 2.05) is 30.7 Å². The summed E-state index contributed by atoms with van der Waals surface area (Å²) in [6, 6.07) is 7.59. The smallest absolute Gasteiger partial charge is 0.389 e. The molecule has 1 aliphatic carbocycles. The van der Waals surface area contributed by atoms with Crippen molar-refractivity contribution in [2.75, 3.05) is 7.11 Å². The highest BCUT2D eigenvalue weighted by molar-refractivity contribution is 7.62. The number of hydrogen-bond donors (Lipinski definition) is 0. The summed E-state index contributed by atoms with van der Waals surface area (Å²) in [5.41, 5.74) is 1.38. The Kier molecular flexibility index (Phi) is 6.96. The lowest BCUT2D eigenvalue weighted by atomic mass is 10.0. The molecular formula is C22H32O2P2+. The van der Waals surface area contributed by atoms with Gasteiger partial charge in [-0.25, -0.2) is 0 Å². The fourth-order valence-corrected chi connectivity index (χ4v) is 10.5. The number of ether oxygens (including phenoxy) is 1. The van der Waals surface area contributed by atoms with Crippen LogP contribution in [0, 0.1) is 30.8 Å². The average molecular weight is 390 g/mol. The number of methoxy groups -OCH3 is 1. The third kappa shape index (κ3) is 4.88. The first-order chi connectivity index (χ1) is 12.0. The molecular weight excluding hydrogens is 358 g/mol. The van der Waals surface area contributed by atoms with Gasteiger partial charge < -0.3 is 4.74 Å². The van der Waals surface area contributed by atoms with Crippen LogP contribution >= 0.6 is 15.7 Å². The lowest BCUT2D eigenvalue weighted by molar-refractivity contribution is 0.415. The minimum Gasteiger partial charge on any atom is -0.497 e. The second kappa shape index (κ2) is 8.28. The van der Waals surface area contributed by atoms with Gasteiger partial charge in [0.15, 0.2) is 5.30 Å². The van der Waals surface area contributed by atoms with Gasteiger partial charge in [-0.15, -0.1) is 0 Å². The predicted molar refractivity (Wildman–Crippen MR) is 116 cm³/mol. The van der Waals surface area contributed by atoms with Crippen molar-refractivity contribution in [2.24, 2.45) is 0 Å². The van der Waals surface area contributed by atoms with Gasteiger partial charge in [-0.3, -0.25) is 0 Å². The van der Waals surface area contributed by atoms with E-state index < -0.39 is 7.80 Å². The van der Waals surface area contributed by atoms with Gasteiger partial charge in [0, 0.05) is 12.3 Å². The van der Waals surface area contributed by atoms with E-state index in [2.05, 4.69) is 61.3 Å². The lowest BCUT2D eigenvalue weighted by Crippen LogP contribution is -2.33. The zero-order valence-corrected chi connectivity index (χ0v) is 19.1. The Morgan fingerprint density at radius 3 is 1.96 bits per heavy atom.